The van der Waals surface area contributed by atoms with Crippen molar-refractivity contribution in [1.29, 1.82) is 0 Å². The van der Waals surface area contributed by atoms with E-state index in [2.05, 4.69) is 0 Å². The number of hydrogen-bond acceptors (Lipinski definition) is 6. The van der Waals surface area contributed by atoms with Gasteiger partial charge < -0.3 is 14.2 Å². The minimum Gasteiger partial charge on any atom is -0.369 e. The molecule has 0 spiro atoms. The zero-order valence-electron chi connectivity index (χ0n) is 11.4. The van der Waals surface area contributed by atoms with Crippen LogP contribution in [0.25, 0.3) is 0 Å². The number of rotatable bonds is 2. The van der Waals surface area contributed by atoms with E-state index in [4.69, 9.17) is 18.4 Å². The van der Waals surface area contributed by atoms with Crippen molar-refractivity contribution in [3.05, 3.63) is 0 Å². The van der Waals surface area contributed by atoms with Crippen molar-refractivity contribution < 1.29 is 26.8 Å². The van der Waals surface area contributed by atoms with Gasteiger partial charge in [0.25, 0.3) is 10.1 Å². The van der Waals surface area contributed by atoms with Crippen molar-refractivity contribution >= 4 is 10.1 Å². The first kappa shape index (κ1) is 13.8. The predicted octanol–water partition coefficient (Wildman–Crippen LogP) is 0.803. The lowest BCUT2D eigenvalue weighted by molar-refractivity contribution is -0.190. The van der Waals surface area contributed by atoms with E-state index in [-0.39, 0.29) is 24.4 Å². The molecular formula is C12H20O6S. The van der Waals surface area contributed by atoms with Gasteiger partial charge >= 0.3 is 0 Å². The predicted molar refractivity (Wildman–Crippen MR) is 66.1 cm³/mol. The minimum absolute atomic E-state index is 0.0232. The van der Waals surface area contributed by atoms with Gasteiger partial charge in [0.15, 0.2) is 5.79 Å². The molecule has 0 N–H and O–H groups in total. The highest BCUT2D eigenvalue weighted by molar-refractivity contribution is 7.86. The van der Waals surface area contributed by atoms with Gasteiger partial charge in [-0.25, -0.2) is 0 Å². The smallest absolute Gasteiger partial charge is 0.264 e. The summed E-state index contributed by atoms with van der Waals surface area (Å²) < 4.78 is 45.3. The molecule has 0 aromatic heterocycles. The van der Waals surface area contributed by atoms with Crippen molar-refractivity contribution in [2.75, 3.05) is 6.26 Å². The fraction of sp³-hybridized carbons (Fsp3) is 1.00. The molecule has 7 heteroatoms. The lowest BCUT2D eigenvalue weighted by Gasteiger charge is -2.43. The first-order valence-electron chi connectivity index (χ1n) is 6.63. The molecule has 0 aliphatic carbocycles. The van der Waals surface area contributed by atoms with Crippen LogP contribution in [-0.4, -0.2) is 51.0 Å². The van der Waals surface area contributed by atoms with E-state index >= 15 is 0 Å². The molecular weight excluding hydrogens is 272 g/mol. The summed E-state index contributed by atoms with van der Waals surface area (Å²) >= 11 is 0. The fourth-order valence-corrected chi connectivity index (χ4v) is 3.94. The first-order chi connectivity index (χ1) is 8.73. The Bertz CT molecular complexity index is 459. The van der Waals surface area contributed by atoms with Crippen molar-refractivity contribution in [1.82, 2.24) is 0 Å². The molecule has 3 rings (SSSR count). The molecule has 0 aromatic carbocycles. The summed E-state index contributed by atoms with van der Waals surface area (Å²) in [6.07, 6.45) is 2.35. The van der Waals surface area contributed by atoms with Crippen molar-refractivity contribution in [3.63, 3.8) is 0 Å². The topological polar surface area (TPSA) is 71.1 Å². The molecule has 6 nitrogen and oxygen atoms in total. The number of ether oxygens (including phenoxy) is 3. The summed E-state index contributed by atoms with van der Waals surface area (Å²) in [5.41, 5.74) is 0. The monoisotopic (exact) mass is 292 g/mol. The Morgan fingerprint density at radius 1 is 1.11 bits per heavy atom. The van der Waals surface area contributed by atoms with E-state index < -0.39 is 22.0 Å². The highest BCUT2D eigenvalue weighted by Gasteiger charge is 2.53. The van der Waals surface area contributed by atoms with Gasteiger partial charge in [0.2, 0.25) is 0 Å². The third kappa shape index (κ3) is 2.80. The Balaban J connectivity index is 1.73. The van der Waals surface area contributed by atoms with E-state index in [9.17, 15) is 8.42 Å². The standard InChI is InChI=1S/C12H20O6S/c1-12(2)16-10-6-9-7(18-19(3,13)14)4-5-8(15-9)11(10)17-12/h7-11H,4-6H2,1-3H3/t7-,8-,9-,10+,11-/m1/s1. The summed E-state index contributed by atoms with van der Waals surface area (Å²) in [6, 6.07) is 0. The van der Waals surface area contributed by atoms with Crippen LogP contribution >= 0.6 is 0 Å². The molecule has 3 aliphatic heterocycles. The van der Waals surface area contributed by atoms with E-state index in [0.717, 1.165) is 12.7 Å². The highest BCUT2D eigenvalue weighted by atomic mass is 32.2. The summed E-state index contributed by atoms with van der Waals surface area (Å²) in [6.45, 7) is 3.78. The third-order valence-electron chi connectivity index (χ3n) is 3.85. The highest BCUT2D eigenvalue weighted by Crippen LogP contribution is 2.42. The van der Waals surface area contributed by atoms with Crippen LogP contribution in [0.2, 0.25) is 0 Å². The van der Waals surface area contributed by atoms with Crippen LogP contribution in [0.5, 0.6) is 0 Å². The summed E-state index contributed by atoms with van der Waals surface area (Å²) in [5, 5.41) is 0. The van der Waals surface area contributed by atoms with E-state index in [1.165, 1.54) is 0 Å². The van der Waals surface area contributed by atoms with Gasteiger partial charge in [-0.2, -0.15) is 8.42 Å². The molecule has 0 amide bonds. The van der Waals surface area contributed by atoms with Gasteiger partial charge in [0.05, 0.1) is 24.6 Å². The van der Waals surface area contributed by atoms with Crippen LogP contribution in [0, 0.1) is 0 Å². The summed E-state index contributed by atoms with van der Waals surface area (Å²) in [4.78, 5) is 0. The van der Waals surface area contributed by atoms with Crippen molar-refractivity contribution in [3.8, 4) is 0 Å². The second-order valence-electron chi connectivity index (χ2n) is 6.00. The van der Waals surface area contributed by atoms with E-state index in [1.54, 1.807) is 0 Å². The largest absolute Gasteiger partial charge is 0.369 e. The minimum atomic E-state index is -3.46. The number of hydrogen-bond donors (Lipinski definition) is 0. The lowest BCUT2D eigenvalue weighted by Crippen LogP contribution is -2.54. The quantitative estimate of drug-likeness (QED) is 0.701. The SMILES string of the molecule is CC1(C)O[C@H]2[C@H](C[C@H]3O[C@@H]2CC[C@H]3OS(C)(=O)=O)O1. The van der Waals surface area contributed by atoms with E-state index in [1.807, 2.05) is 13.8 Å². The lowest BCUT2D eigenvalue weighted by atomic mass is 9.86. The summed E-state index contributed by atoms with van der Waals surface area (Å²) in [5.74, 6) is -0.594. The van der Waals surface area contributed by atoms with Gasteiger partial charge in [-0.15, -0.1) is 0 Å². The fourth-order valence-electron chi connectivity index (χ4n) is 3.27. The Kier molecular flexibility index (Phi) is 3.18. The first-order valence-corrected chi connectivity index (χ1v) is 8.44. The zero-order chi connectivity index (χ0) is 13.8. The van der Waals surface area contributed by atoms with Gasteiger partial charge in [0.1, 0.15) is 12.2 Å². The van der Waals surface area contributed by atoms with Gasteiger partial charge in [-0.1, -0.05) is 0 Å². The Morgan fingerprint density at radius 2 is 1.84 bits per heavy atom. The molecule has 110 valence electrons. The molecule has 5 atom stereocenters. The average molecular weight is 292 g/mol. The maximum absolute atomic E-state index is 11.3. The van der Waals surface area contributed by atoms with Crippen molar-refractivity contribution in [2.45, 2.75) is 69.4 Å². The molecule has 2 bridgehead atoms. The van der Waals surface area contributed by atoms with Crippen LogP contribution in [0.4, 0.5) is 0 Å². The van der Waals surface area contributed by atoms with E-state index in [0.29, 0.717) is 12.8 Å². The molecule has 3 saturated heterocycles. The second-order valence-corrected chi connectivity index (χ2v) is 7.60. The van der Waals surface area contributed by atoms with Crippen LogP contribution in [0.3, 0.4) is 0 Å². The molecule has 0 aromatic rings. The zero-order valence-corrected chi connectivity index (χ0v) is 12.2. The Hall–Kier alpha value is -0.210. The third-order valence-corrected chi connectivity index (χ3v) is 4.45. The maximum Gasteiger partial charge on any atom is 0.264 e. The average Bonchev–Trinajstić information content (AvgIpc) is 2.55. The van der Waals surface area contributed by atoms with Crippen LogP contribution in [0.1, 0.15) is 33.1 Å². The van der Waals surface area contributed by atoms with Crippen LogP contribution in [-0.2, 0) is 28.5 Å². The normalized spacial score (nSPS) is 44.9. The molecule has 3 heterocycles. The van der Waals surface area contributed by atoms with Gasteiger partial charge in [0, 0.05) is 6.42 Å². The maximum atomic E-state index is 11.3. The molecule has 0 saturated carbocycles. The van der Waals surface area contributed by atoms with Crippen molar-refractivity contribution in [2.24, 2.45) is 0 Å². The molecule has 19 heavy (non-hydrogen) atoms. The number of fused-ring (bicyclic) bond motifs is 4. The van der Waals surface area contributed by atoms with Crippen LogP contribution < -0.4 is 0 Å². The molecule has 3 fully saturated rings. The van der Waals surface area contributed by atoms with Gasteiger partial charge in [-0.05, 0) is 26.7 Å². The molecule has 3 aliphatic rings. The Morgan fingerprint density at radius 3 is 2.53 bits per heavy atom. The summed E-state index contributed by atoms with van der Waals surface area (Å²) in [7, 11) is -3.46. The second kappa shape index (κ2) is 4.39. The molecule has 0 unspecified atom stereocenters. The van der Waals surface area contributed by atoms with Crippen LogP contribution in [0.15, 0.2) is 0 Å². The molecule has 0 radical (unpaired) electrons. The van der Waals surface area contributed by atoms with Gasteiger partial charge in [-0.3, -0.25) is 4.18 Å². The Labute approximate surface area is 113 Å².